The van der Waals surface area contributed by atoms with Gasteiger partial charge in [0.15, 0.2) is 0 Å². The molecule has 0 radical (unpaired) electrons. The normalized spacial score (nSPS) is 11.1. The predicted molar refractivity (Wildman–Crippen MR) is 247 cm³/mol. The molecule has 0 aliphatic rings. The van der Waals surface area contributed by atoms with Crippen LogP contribution in [0.2, 0.25) is 0 Å². The maximum absolute atomic E-state index is 2.37. The number of nitrogens with zero attached hydrogens (tertiary/aromatic N) is 2. The average Bonchev–Trinajstić information content (AvgIpc) is 3.31. The van der Waals surface area contributed by atoms with Crippen LogP contribution in [0.5, 0.6) is 0 Å². The third kappa shape index (κ3) is 6.78. The van der Waals surface area contributed by atoms with E-state index >= 15 is 0 Å². The van der Waals surface area contributed by atoms with E-state index in [1.54, 1.807) is 0 Å². The second-order valence-corrected chi connectivity index (χ2v) is 14.6. The van der Waals surface area contributed by atoms with Crippen LogP contribution in [-0.2, 0) is 0 Å². The Morgan fingerprint density at radius 3 is 0.776 bits per heavy atom. The third-order valence-electron chi connectivity index (χ3n) is 11.1. The molecule has 0 saturated carbocycles. The summed E-state index contributed by atoms with van der Waals surface area (Å²) in [6.07, 6.45) is 0. The highest BCUT2D eigenvalue weighted by atomic mass is 15.1. The van der Waals surface area contributed by atoms with Crippen molar-refractivity contribution in [3.63, 3.8) is 0 Å². The first-order valence-corrected chi connectivity index (χ1v) is 19.8. The molecule has 0 amide bonds. The summed E-state index contributed by atoms with van der Waals surface area (Å²) in [6.45, 7) is 0. The summed E-state index contributed by atoms with van der Waals surface area (Å²) in [5.74, 6) is 0. The van der Waals surface area contributed by atoms with Crippen molar-refractivity contribution in [3.05, 3.63) is 243 Å². The van der Waals surface area contributed by atoms with Gasteiger partial charge in [0.25, 0.3) is 0 Å². The standard InChI is InChI=1S/C56H40N2/c1-3-13-41(14-4-1)43-25-33-49(34-26-43)57(55-23-11-19-47-17-7-9-21-53(47)55)51-37-29-45(30-38-51)46-31-39-52(40-32-46)58(56-24-12-20-48-18-8-10-22-54(48)56)50-35-27-44(28-36-50)42-15-5-2-6-16-42/h1-40H. The number of rotatable bonds is 9. The average molecular weight is 741 g/mol. The summed E-state index contributed by atoms with van der Waals surface area (Å²) < 4.78 is 0. The van der Waals surface area contributed by atoms with E-state index in [4.69, 9.17) is 0 Å². The summed E-state index contributed by atoms with van der Waals surface area (Å²) >= 11 is 0. The van der Waals surface area contributed by atoms with Crippen molar-refractivity contribution in [2.75, 3.05) is 9.80 Å². The summed E-state index contributed by atoms with van der Waals surface area (Å²) in [6, 6.07) is 87.2. The number of benzene rings is 10. The first kappa shape index (κ1) is 34.8. The molecular formula is C56H40N2. The molecule has 0 bridgehead atoms. The van der Waals surface area contributed by atoms with Crippen molar-refractivity contribution in [2.24, 2.45) is 0 Å². The lowest BCUT2D eigenvalue weighted by Crippen LogP contribution is -2.10. The molecule has 0 unspecified atom stereocenters. The van der Waals surface area contributed by atoms with Gasteiger partial charge < -0.3 is 9.80 Å². The number of hydrogen-bond donors (Lipinski definition) is 0. The molecule has 0 atom stereocenters. The third-order valence-corrected chi connectivity index (χ3v) is 11.1. The molecule has 0 aliphatic heterocycles. The number of anilines is 6. The Labute approximate surface area is 340 Å². The van der Waals surface area contributed by atoms with Crippen LogP contribution in [0.3, 0.4) is 0 Å². The molecule has 0 spiro atoms. The summed E-state index contributed by atoms with van der Waals surface area (Å²) in [5.41, 5.74) is 13.9. The molecule has 2 nitrogen and oxygen atoms in total. The lowest BCUT2D eigenvalue weighted by molar-refractivity contribution is 1.29. The second kappa shape index (κ2) is 15.5. The fourth-order valence-electron chi connectivity index (χ4n) is 8.13. The van der Waals surface area contributed by atoms with Gasteiger partial charge in [-0.3, -0.25) is 0 Å². The van der Waals surface area contributed by atoms with Gasteiger partial charge in [0.1, 0.15) is 0 Å². The maximum Gasteiger partial charge on any atom is 0.0540 e. The maximum atomic E-state index is 2.37. The first-order valence-electron chi connectivity index (χ1n) is 19.8. The lowest BCUT2D eigenvalue weighted by Gasteiger charge is -2.28. The molecule has 274 valence electrons. The van der Waals surface area contributed by atoms with Gasteiger partial charge >= 0.3 is 0 Å². The molecule has 2 heteroatoms. The first-order chi connectivity index (χ1) is 28.8. The molecule has 58 heavy (non-hydrogen) atoms. The van der Waals surface area contributed by atoms with Crippen molar-refractivity contribution >= 4 is 55.7 Å². The smallest absolute Gasteiger partial charge is 0.0540 e. The van der Waals surface area contributed by atoms with E-state index in [2.05, 4.69) is 252 Å². The van der Waals surface area contributed by atoms with Crippen LogP contribution >= 0.6 is 0 Å². The van der Waals surface area contributed by atoms with Crippen LogP contribution in [0.1, 0.15) is 0 Å². The van der Waals surface area contributed by atoms with E-state index in [9.17, 15) is 0 Å². The Hall–Kier alpha value is -7.68. The van der Waals surface area contributed by atoms with Crippen LogP contribution in [0.15, 0.2) is 243 Å². The van der Waals surface area contributed by atoms with Gasteiger partial charge in [0.05, 0.1) is 11.4 Å². The zero-order valence-electron chi connectivity index (χ0n) is 32.0. The van der Waals surface area contributed by atoms with Crippen LogP contribution in [0, 0.1) is 0 Å². The van der Waals surface area contributed by atoms with Gasteiger partial charge in [-0.15, -0.1) is 0 Å². The fraction of sp³-hybridized carbons (Fsp3) is 0. The molecule has 10 aromatic rings. The van der Waals surface area contributed by atoms with E-state index in [0.29, 0.717) is 0 Å². The number of hydrogen-bond acceptors (Lipinski definition) is 2. The lowest BCUT2D eigenvalue weighted by atomic mass is 10.0. The second-order valence-electron chi connectivity index (χ2n) is 14.6. The summed E-state index contributed by atoms with van der Waals surface area (Å²) in [5, 5.41) is 4.85. The predicted octanol–water partition coefficient (Wildman–Crippen LogP) is 15.9. The molecule has 0 aliphatic carbocycles. The Kier molecular flexibility index (Phi) is 9.27. The topological polar surface area (TPSA) is 6.48 Å². The Morgan fingerprint density at radius 1 is 0.190 bits per heavy atom. The highest BCUT2D eigenvalue weighted by Gasteiger charge is 2.18. The van der Waals surface area contributed by atoms with Gasteiger partial charge in [-0.2, -0.15) is 0 Å². The van der Waals surface area contributed by atoms with E-state index in [1.165, 1.54) is 43.8 Å². The Morgan fingerprint density at radius 2 is 0.448 bits per heavy atom. The fourth-order valence-corrected chi connectivity index (χ4v) is 8.13. The van der Waals surface area contributed by atoms with E-state index in [0.717, 1.165) is 45.3 Å². The highest BCUT2D eigenvalue weighted by Crippen LogP contribution is 2.42. The SMILES string of the molecule is c1ccc(-c2ccc(N(c3ccc(-c4ccc(N(c5ccc(-c6ccccc6)cc5)c5cccc6ccccc56)cc4)cc3)c3cccc4ccccc34)cc2)cc1. The van der Waals surface area contributed by atoms with Gasteiger partial charge in [-0.05, 0) is 105 Å². The summed E-state index contributed by atoms with van der Waals surface area (Å²) in [7, 11) is 0. The van der Waals surface area contributed by atoms with Crippen LogP contribution in [-0.4, -0.2) is 0 Å². The minimum absolute atomic E-state index is 1.10. The van der Waals surface area contributed by atoms with Crippen molar-refractivity contribution in [3.8, 4) is 33.4 Å². The van der Waals surface area contributed by atoms with Crippen LogP contribution in [0.25, 0.3) is 54.9 Å². The molecule has 10 aromatic carbocycles. The van der Waals surface area contributed by atoms with Crippen LogP contribution in [0.4, 0.5) is 34.1 Å². The van der Waals surface area contributed by atoms with Gasteiger partial charge in [0, 0.05) is 33.5 Å². The van der Waals surface area contributed by atoms with Gasteiger partial charge in [0.2, 0.25) is 0 Å². The van der Waals surface area contributed by atoms with E-state index in [-0.39, 0.29) is 0 Å². The quantitative estimate of drug-likeness (QED) is 0.145. The van der Waals surface area contributed by atoms with E-state index < -0.39 is 0 Å². The molecule has 0 aromatic heterocycles. The molecule has 0 heterocycles. The van der Waals surface area contributed by atoms with Crippen LogP contribution < -0.4 is 9.80 Å². The minimum Gasteiger partial charge on any atom is -0.310 e. The summed E-state index contributed by atoms with van der Waals surface area (Å²) in [4.78, 5) is 4.74. The molecule has 0 saturated heterocycles. The van der Waals surface area contributed by atoms with Gasteiger partial charge in [-0.1, -0.05) is 182 Å². The largest absolute Gasteiger partial charge is 0.310 e. The number of fused-ring (bicyclic) bond motifs is 2. The molecule has 10 rings (SSSR count). The van der Waals surface area contributed by atoms with Crippen molar-refractivity contribution in [2.45, 2.75) is 0 Å². The minimum atomic E-state index is 1.10. The molecular weight excluding hydrogens is 701 g/mol. The van der Waals surface area contributed by atoms with Crippen molar-refractivity contribution < 1.29 is 0 Å². The van der Waals surface area contributed by atoms with Crippen molar-refractivity contribution in [1.82, 2.24) is 0 Å². The van der Waals surface area contributed by atoms with Crippen molar-refractivity contribution in [1.29, 1.82) is 0 Å². The monoisotopic (exact) mass is 740 g/mol. The van der Waals surface area contributed by atoms with Gasteiger partial charge in [-0.25, -0.2) is 0 Å². The Balaban J connectivity index is 1.00. The Bertz CT molecular complexity index is 2740. The zero-order chi connectivity index (χ0) is 38.7. The highest BCUT2D eigenvalue weighted by molar-refractivity contribution is 6.00. The van der Waals surface area contributed by atoms with E-state index in [1.807, 2.05) is 0 Å². The molecule has 0 N–H and O–H groups in total. The zero-order valence-corrected chi connectivity index (χ0v) is 32.0. The molecule has 0 fully saturated rings.